The second-order valence-corrected chi connectivity index (χ2v) is 5.96. The fourth-order valence-electron chi connectivity index (χ4n) is 2.65. The van der Waals surface area contributed by atoms with E-state index in [0.717, 1.165) is 5.56 Å². The first-order valence-electron chi connectivity index (χ1n) is 8.19. The molecule has 1 aromatic carbocycles. The Hall–Kier alpha value is -3.35. The van der Waals surface area contributed by atoms with Crippen molar-refractivity contribution in [2.45, 2.75) is 19.5 Å². The Kier molecular flexibility index (Phi) is 5.17. The maximum absolute atomic E-state index is 12.6. The summed E-state index contributed by atoms with van der Waals surface area (Å²) in [4.78, 5) is 24.0. The molecule has 26 heavy (non-hydrogen) atoms. The van der Waals surface area contributed by atoms with Gasteiger partial charge >= 0.3 is 5.97 Å². The number of furan rings is 1. The minimum Gasteiger partial charge on any atom is -0.481 e. The van der Waals surface area contributed by atoms with Crippen LogP contribution in [0.1, 0.15) is 34.8 Å². The molecule has 2 N–H and O–H groups in total. The molecule has 2 atom stereocenters. The van der Waals surface area contributed by atoms with Gasteiger partial charge in [-0.05, 0) is 30.7 Å². The van der Waals surface area contributed by atoms with Crippen LogP contribution in [0.5, 0.6) is 0 Å². The number of carboxylic acids is 1. The van der Waals surface area contributed by atoms with Crippen molar-refractivity contribution in [1.82, 2.24) is 15.1 Å². The van der Waals surface area contributed by atoms with Crippen LogP contribution in [0.4, 0.5) is 0 Å². The topological polar surface area (TPSA) is 97.4 Å². The second kappa shape index (κ2) is 7.69. The molecule has 0 saturated carbocycles. The molecule has 3 rings (SSSR count). The largest absolute Gasteiger partial charge is 0.481 e. The van der Waals surface area contributed by atoms with Crippen LogP contribution < -0.4 is 5.32 Å². The van der Waals surface area contributed by atoms with Gasteiger partial charge in [0, 0.05) is 12.4 Å². The molecule has 0 saturated heterocycles. The Morgan fingerprint density at radius 2 is 1.96 bits per heavy atom. The first-order valence-corrected chi connectivity index (χ1v) is 8.19. The minimum atomic E-state index is -0.988. The molecule has 0 radical (unpaired) electrons. The van der Waals surface area contributed by atoms with Crippen LogP contribution in [0.25, 0.3) is 0 Å². The lowest BCUT2D eigenvalue weighted by atomic mass is 9.94. The fraction of sp³-hybridized carbons (Fsp3) is 0.211. The van der Waals surface area contributed by atoms with Crippen LogP contribution in [0.3, 0.4) is 0 Å². The summed E-state index contributed by atoms with van der Waals surface area (Å²) in [6.07, 6.45) is 3.45. The molecule has 2 heterocycles. The van der Waals surface area contributed by atoms with Gasteiger partial charge in [0.25, 0.3) is 5.91 Å². The summed E-state index contributed by atoms with van der Waals surface area (Å²) in [5.74, 6) is -1.52. The number of carbonyl (C=O) groups is 2. The standard InChI is InChI=1S/C19H19N3O4/c1-13(19(24)25)17(14-6-3-2-4-7-14)21-18(23)16-9-8-15(26-16)12-22-11-5-10-20-22/h2-11,13,17H,12H2,1H3,(H,21,23)(H,24,25). The molecule has 134 valence electrons. The van der Waals surface area contributed by atoms with Gasteiger partial charge in [0.1, 0.15) is 5.76 Å². The zero-order chi connectivity index (χ0) is 18.5. The molecular formula is C19H19N3O4. The Labute approximate surface area is 150 Å². The van der Waals surface area contributed by atoms with Gasteiger partial charge in [0.2, 0.25) is 0 Å². The summed E-state index contributed by atoms with van der Waals surface area (Å²) < 4.78 is 7.26. The van der Waals surface area contributed by atoms with Crippen molar-refractivity contribution in [3.05, 3.63) is 78.0 Å². The van der Waals surface area contributed by atoms with Gasteiger partial charge in [0.15, 0.2) is 5.76 Å². The molecule has 0 spiro atoms. The van der Waals surface area contributed by atoms with Crippen molar-refractivity contribution in [2.24, 2.45) is 5.92 Å². The number of rotatable bonds is 7. The van der Waals surface area contributed by atoms with E-state index in [9.17, 15) is 14.7 Å². The molecule has 0 aliphatic rings. The number of aliphatic carboxylic acids is 1. The molecule has 1 amide bonds. The lowest BCUT2D eigenvalue weighted by Crippen LogP contribution is -2.35. The van der Waals surface area contributed by atoms with Crippen LogP contribution >= 0.6 is 0 Å². The zero-order valence-electron chi connectivity index (χ0n) is 14.2. The van der Waals surface area contributed by atoms with Crippen molar-refractivity contribution < 1.29 is 19.1 Å². The maximum Gasteiger partial charge on any atom is 0.308 e. The molecule has 0 bridgehead atoms. The lowest BCUT2D eigenvalue weighted by Gasteiger charge is -2.22. The molecule has 7 heteroatoms. The quantitative estimate of drug-likeness (QED) is 0.681. The average Bonchev–Trinajstić information content (AvgIpc) is 3.32. The van der Waals surface area contributed by atoms with E-state index in [0.29, 0.717) is 12.3 Å². The zero-order valence-corrected chi connectivity index (χ0v) is 14.2. The first-order chi connectivity index (χ1) is 12.5. The van der Waals surface area contributed by atoms with E-state index >= 15 is 0 Å². The van der Waals surface area contributed by atoms with E-state index < -0.39 is 23.8 Å². The summed E-state index contributed by atoms with van der Waals surface area (Å²) in [6.45, 7) is 1.97. The number of carboxylic acid groups (broad SMARTS) is 1. The minimum absolute atomic E-state index is 0.130. The number of hydrogen-bond acceptors (Lipinski definition) is 4. The van der Waals surface area contributed by atoms with Crippen LogP contribution in [-0.2, 0) is 11.3 Å². The molecular weight excluding hydrogens is 334 g/mol. The third-order valence-electron chi connectivity index (χ3n) is 4.10. The van der Waals surface area contributed by atoms with E-state index in [4.69, 9.17) is 4.42 Å². The molecule has 0 aliphatic heterocycles. The van der Waals surface area contributed by atoms with E-state index in [-0.39, 0.29) is 5.76 Å². The van der Waals surface area contributed by atoms with Gasteiger partial charge in [0.05, 0.1) is 18.5 Å². The van der Waals surface area contributed by atoms with Crippen molar-refractivity contribution in [3.63, 3.8) is 0 Å². The van der Waals surface area contributed by atoms with Crippen LogP contribution in [-0.4, -0.2) is 26.8 Å². The van der Waals surface area contributed by atoms with Crippen molar-refractivity contribution >= 4 is 11.9 Å². The molecule has 0 fully saturated rings. The van der Waals surface area contributed by atoms with Gasteiger partial charge in [-0.15, -0.1) is 0 Å². The molecule has 3 aromatic rings. The summed E-state index contributed by atoms with van der Waals surface area (Å²) >= 11 is 0. The smallest absolute Gasteiger partial charge is 0.308 e. The highest BCUT2D eigenvalue weighted by Gasteiger charge is 2.28. The number of aromatic nitrogens is 2. The second-order valence-electron chi connectivity index (χ2n) is 5.96. The predicted octanol–water partition coefficient (Wildman–Crippen LogP) is 2.72. The highest BCUT2D eigenvalue weighted by Crippen LogP contribution is 2.23. The summed E-state index contributed by atoms with van der Waals surface area (Å²) in [6, 6.07) is 13.4. The SMILES string of the molecule is CC(C(=O)O)C(NC(=O)c1ccc(Cn2cccn2)o1)c1ccccc1. The number of hydrogen-bond donors (Lipinski definition) is 2. The van der Waals surface area contributed by atoms with Gasteiger partial charge < -0.3 is 14.8 Å². The predicted molar refractivity (Wildman–Crippen MR) is 93.5 cm³/mol. The Bertz CT molecular complexity index is 871. The molecule has 2 unspecified atom stereocenters. The van der Waals surface area contributed by atoms with E-state index in [1.54, 1.807) is 66.5 Å². The molecule has 2 aromatic heterocycles. The third-order valence-corrected chi connectivity index (χ3v) is 4.10. The Morgan fingerprint density at radius 3 is 2.62 bits per heavy atom. The van der Waals surface area contributed by atoms with Gasteiger partial charge in [-0.2, -0.15) is 5.10 Å². The number of carbonyl (C=O) groups excluding carboxylic acids is 1. The van der Waals surface area contributed by atoms with Crippen LogP contribution in [0.2, 0.25) is 0 Å². The Balaban J connectivity index is 1.75. The van der Waals surface area contributed by atoms with E-state index in [1.807, 2.05) is 6.07 Å². The number of benzene rings is 1. The Morgan fingerprint density at radius 1 is 1.19 bits per heavy atom. The fourth-order valence-corrected chi connectivity index (χ4v) is 2.65. The van der Waals surface area contributed by atoms with Gasteiger partial charge in [-0.3, -0.25) is 14.3 Å². The maximum atomic E-state index is 12.6. The van der Waals surface area contributed by atoms with Crippen molar-refractivity contribution in [1.29, 1.82) is 0 Å². The number of nitrogens with one attached hydrogen (secondary N) is 1. The lowest BCUT2D eigenvalue weighted by molar-refractivity contribution is -0.142. The monoisotopic (exact) mass is 353 g/mol. The van der Waals surface area contributed by atoms with Crippen molar-refractivity contribution in [2.75, 3.05) is 0 Å². The number of amides is 1. The molecule has 0 aliphatic carbocycles. The van der Waals surface area contributed by atoms with Crippen molar-refractivity contribution in [3.8, 4) is 0 Å². The highest BCUT2D eigenvalue weighted by molar-refractivity contribution is 5.92. The first kappa shape index (κ1) is 17.5. The van der Waals surface area contributed by atoms with E-state index in [2.05, 4.69) is 10.4 Å². The average molecular weight is 353 g/mol. The van der Waals surface area contributed by atoms with E-state index in [1.165, 1.54) is 0 Å². The number of nitrogens with zero attached hydrogens (tertiary/aromatic N) is 2. The summed E-state index contributed by atoms with van der Waals surface area (Å²) in [5, 5.41) is 16.2. The third kappa shape index (κ3) is 4.00. The normalized spacial score (nSPS) is 13.1. The van der Waals surface area contributed by atoms with Gasteiger partial charge in [-0.25, -0.2) is 0 Å². The van der Waals surface area contributed by atoms with Gasteiger partial charge in [-0.1, -0.05) is 30.3 Å². The van der Waals surface area contributed by atoms with Crippen LogP contribution in [0.15, 0.2) is 65.3 Å². The molecule has 7 nitrogen and oxygen atoms in total. The van der Waals surface area contributed by atoms with Crippen LogP contribution in [0, 0.1) is 5.92 Å². The highest BCUT2D eigenvalue weighted by atomic mass is 16.4. The summed E-state index contributed by atoms with van der Waals surface area (Å²) in [7, 11) is 0. The summed E-state index contributed by atoms with van der Waals surface area (Å²) in [5.41, 5.74) is 0.721.